The van der Waals surface area contributed by atoms with Gasteiger partial charge in [-0.25, -0.2) is 4.39 Å². The molecule has 0 aliphatic heterocycles. The Kier molecular flexibility index (Phi) is 5.65. The molecule has 0 atom stereocenters. The Morgan fingerprint density at radius 2 is 1.50 bits per heavy atom. The molecule has 24 heavy (non-hydrogen) atoms. The normalized spacial score (nSPS) is 10.1. The van der Waals surface area contributed by atoms with Gasteiger partial charge in [0.05, 0.1) is 5.02 Å². The average Bonchev–Trinajstić information content (AvgIpc) is 2.51. The molecule has 0 aliphatic rings. The SMILES string of the molecule is CC(=O)c1ccc(NC(=O)CC(=O)Nc2ccc(F)c(Cl)c2)cc1. The van der Waals surface area contributed by atoms with Gasteiger partial charge in [0.25, 0.3) is 0 Å². The van der Waals surface area contributed by atoms with Gasteiger partial charge in [0.1, 0.15) is 12.2 Å². The Hall–Kier alpha value is -2.73. The Morgan fingerprint density at radius 1 is 0.958 bits per heavy atom. The number of carbonyl (C=O) groups excluding carboxylic acids is 3. The zero-order valence-corrected chi connectivity index (χ0v) is 13.5. The van der Waals surface area contributed by atoms with E-state index in [0.717, 1.165) is 6.07 Å². The maximum absolute atomic E-state index is 13.0. The molecule has 2 amide bonds. The monoisotopic (exact) mass is 348 g/mol. The van der Waals surface area contributed by atoms with Gasteiger partial charge in [-0.3, -0.25) is 14.4 Å². The number of ketones is 1. The number of benzene rings is 2. The van der Waals surface area contributed by atoms with E-state index in [-0.39, 0.29) is 10.8 Å². The van der Waals surface area contributed by atoms with Crippen LogP contribution in [0.15, 0.2) is 42.5 Å². The summed E-state index contributed by atoms with van der Waals surface area (Å²) in [4.78, 5) is 34.8. The van der Waals surface area contributed by atoms with Crippen molar-refractivity contribution in [2.24, 2.45) is 0 Å². The molecule has 2 N–H and O–H groups in total. The lowest BCUT2D eigenvalue weighted by Crippen LogP contribution is -2.21. The van der Waals surface area contributed by atoms with E-state index in [1.165, 1.54) is 19.1 Å². The summed E-state index contributed by atoms with van der Waals surface area (Å²) in [6.45, 7) is 1.44. The lowest BCUT2D eigenvalue weighted by molar-refractivity contribution is -0.123. The summed E-state index contributed by atoms with van der Waals surface area (Å²) < 4.78 is 13.0. The predicted molar refractivity (Wildman–Crippen MR) is 89.7 cm³/mol. The van der Waals surface area contributed by atoms with Crippen molar-refractivity contribution in [1.29, 1.82) is 0 Å². The van der Waals surface area contributed by atoms with Crippen LogP contribution in [0, 0.1) is 5.82 Å². The number of halogens is 2. The first kappa shape index (κ1) is 17.6. The summed E-state index contributed by atoms with van der Waals surface area (Å²) in [5.74, 6) is -1.75. The van der Waals surface area contributed by atoms with E-state index in [1.807, 2.05) is 0 Å². The molecule has 0 spiro atoms. The maximum atomic E-state index is 13.0. The second-order valence-corrected chi connectivity index (χ2v) is 5.44. The Bertz CT molecular complexity index is 791. The van der Waals surface area contributed by atoms with Crippen molar-refractivity contribution in [3.8, 4) is 0 Å². The van der Waals surface area contributed by atoms with E-state index in [2.05, 4.69) is 10.6 Å². The molecule has 0 bridgehead atoms. The standard InChI is InChI=1S/C17H14ClFN2O3/c1-10(22)11-2-4-12(5-3-11)20-16(23)9-17(24)21-13-6-7-15(19)14(18)8-13/h2-8H,9H2,1H3,(H,20,23)(H,21,24). The van der Waals surface area contributed by atoms with Crippen LogP contribution in [0.4, 0.5) is 15.8 Å². The lowest BCUT2D eigenvalue weighted by Gasteiger charge is -2.07. The van der Waals surface area contributed by atoms with Crippen LogP contribution in [-0.4, -0.2) is 17.6 Å². The molecule has 2 aromatic carbocycles. The molecule has 0 saturated heterocycles. The zero-order chi connectivity index (χ0) is 17.7. The largest absolute Gasteiger partial charge is 0.326 e. The van der Waals surface area contributed by atoms with Crippen LogP contribution >= 0.6 is 11.6 Å². The number of hydrogen-bond acceptors (Lipinski definition) is 3. The number of anilines is 2. The molecule has 124 valence electrons. The van der Waals surface area contributed by atoms with E-state index >= 15 is 0 Å². The number of carbonyl (C=O) groups is 3. The van der Waals surface area contributed by atoms with Gasteiger partial charge < -0.3 is 10.6 Å². The third-order valence-corrected chi connectivity index (χ3v) is 3.39. The van der Waals surface area contributed by atoms with Crippen molar-refractivity contribution in [1.82, 2.24) is 0 Å². The highest BCUT2D eigenvalue weighted by molar-refractivity contribution is 6.31. The zero-order valence-electron chi connectivity index (χ0n) is 12.7. The van der Waals surface area contributed by atoms with Gasteiger partial charge in [0.2, 0.25) is 11.8 Å². The minimum absolute atomic E-state index is 0.0785. The van der Waals surface area contributed by atoms with E-state index < -0.39 is 24.1 Å². The summed E-state index contributed by atoms with van der Waals surface area (Å²) in [5, 5.41) is 4.88. The summed E-state index contributed by atoms with van der Waals surface area (Å²) in [7, 11) is 0. The first-order chi connectivity index (χ1) is 11.3. The highest BCUT2D eigenvalue weighted by Crippen LogP contribution is 2.19. The summed E-state index contributed by atoms with van der Waals surface area (Å²) >= 11 is 5.62. The first-order valence-corrected chi connectivity index (χ1v) is 7.38. The van der Waals surface area contributed by atoms with E-state index in [0.29, 0.717) is 16.9 Å². The van der Waals surface area contributed by atoms with E-state index in [1.54, 1.807) is 24.3 Å². The van der Waals surface area contributed by atoms with Crippen molar-refractivity contribution < 1.29 is 18.8 Å². The van der Waals surface area contributed by atoms with Crippen molar-refractivity contribution in [2.45, 2.75) is 13.3 Å². The third-order valence-electron chi connectivity index (χ3n) is 3.10. The maximum Gasteiger partial charge on any atom is 0.233 e. The van der Waals surface area contributed by atoms with Crippen LogP contribution in [0.3, 0.4) is 0 Å². The molecule has 0 radical (unpaired) electrons. The van der Waals surface area contributed by atoms with Crippen LogP contribution in [0.1, 0.15) is 23.7 Å². The van der Waals surface area contributed by atoms with Gasteiger partial charge in [-0.05, 0) is 49.4 Å². The molecular weight excluding hydrogens is 335 g/mol. The quantitative estimate of drug-likeness (QED) is 0.639. The van der Waals surface area contributed by atoms with Crippen LogP contribution in [0.2, 0.25) is 5.02 Å². The molecule has 0 heterocycles. The van der Waals surface area contributed by atoms with Crippen LogP contribution in [0.25, 0.3) is 0 Å². The molecule has 0 aromatic heterocycles. The minimum atomic E-state index is -0.596. The molecule has 0 unspecified atom stereocenters. The fourth-order valence-corrected chi connectivity index (χ4v) is 2.10. The molecule has 2 aromatic rings. The highest BCUT2D eigenvalue weighted by Gasteiger charge is 2.11. The third kappa shape index (κ3) is 4.89. The van der Waals surface area contributed by atoms with Crippen molar-refractivity contribution in [3.63, 3.8) is 0 Å². The molecular formula is C17H14ClFN2O3. The van der Waals surface area contributed by atoms with Gasteiger partial charge >= 0.3 is 0 Å². The van der Waals surface area contributed by atoms with Crippen LogP contribution in [0.5, 0.6) is 0 Å². The van der Waals surface area contributed by atoms with Gasteiger partial charge in [-0.2, -0.15) is 0 Å². The second kappa shape index (κ2) is 7.70. The fraction of sp³-hybridized carbons (Fsp3) is 0.118. The number of nitrogens with one attached hydrogen (secondary N) is 2. The number of hydrogen-bond donors (Lipinski definition) is 2. The Balaban J connectivity index is 1.90. The van der Waals surface area contributed by atoms with Gasteiger partial charge in [0.15, 0.2) is 5.78 Å². The summed E-state index contributed by atoms with van der Waals surface area (Å²) in [5.41, 5.74) is 1.30. The summed E-state index contributed by atoms with van der Waals surface area (Å²) in [6, 6.07) is 10.0. The average molecular weight is 349 g/mol. The van der Waals surface area contributed by atoms with Gasteiger partial charge in [-0.15, -0.1) is 0 Å². The Morgan fingerprint density at radius 3 is 2.04 bits per heavy atom. The molecule has 0 saturated carbocycles. The number of amides is 2. The van der Waals surface area contributed by atoms with Gasteiger partial charge in [0, 0.05) is 16.9 Å². The number of Topliss-reactive ketones (excluding diaryl/α,β-unsaturated/α-hetero) is 1. The second-order valence-electron chi connectivity index (χ2n) is 5.04. The fourth-order valence-electron chi connectivity index (χ4n) is 1.92. The topological polar surface area (TPSA) is 75.3 Å². The van der Waals surface area contributed by atoms with Crippen LogP contribution < -0.4 is 10.6 Å². The summed E-state index contributed by atoms with van der Waals surface area (Å²) in [6.07, 6.45) is -0.413. The van der Waals surface area contributed by atoms with Gasteiger partial charge in [-0.1, -0.05) is 11.6 Å². The molecule has 5 nitrogen and oxygen atoms in total. The smallest absolute Gasteiger partial charge is 0.233 e. The van der Waals surface area contributed by atoms with E-state index in [9.17, 15) is 18.8 Å². The number of rotatable bonds is 5. The first-order valence-electron chi connectivity index (χ1n) is 7.01. The molecule has 0 fully saturated rings. The lowest BCUT2D eigenvalue weighted by atomic mass is 10.1. The molecule has 7 heteroatoms. The van der Waals surface area contributed by atoms with E-state index in [4.69, 9.17) is 11.6 Å². The van der Waals surface area contributed by atoms with Crippen molar-refractivity contribution in [2.75, 3.05) is 10.6 Å². The highest BCUT2D eigenvalue weighted by atomic mass is 35.5. The van der Waals surface area contributed by atoms with Crippen molar-refractivity contribution >= 4 is 40.6 Å². The van der Waals surface area contributed by atoms with Crippen LogP contribution in [-0.2, 0) is 9.59 Å². The Labute approximate surface area is 142 Å². The van der Waals surface area contributed by atoms with Crippen molar-refractivity contribution in [3.05, 3.63) is 58.9 Å². The minimum Gasteiger partial charge on any atom is -0.326 e. The molecule has 2 rings (SSSR count). The molecule has 0 aliphatic carbocycles. The predicted octanol–water partition coefficient (Wildman–Crippen LogP) is 3.65.